The molecule has 4 aromatic rings. The highest BCUT2D eigenvalue weighted by atomic mass is 32.1. The van der Waals surface area contributed by atoms with E-state index in [9.17, 15) is 4.79 Å². The monoisotopic (exact) mass is 430 g/mol. The summed E-state index contributed by atoms with van der Waals surface area (Å²) in [6.45, 7) is 12.1. The summed E-state index contributed by atoms with van der Waals surface area (Å²) in [5.74, 6) is -0.0335. The molecule has 0 unspecified atom stereocenters. The number of rotatable bonds is 5. The summed E-state index contributed by atoms with van der Waals surface area (Å²) in [7, 11) is 0. The third-order valence-electron chi connectivity index (χ3n) is 5.64. The minimum Gasteiger partial charge on any atom is -0.347 e. The van der Waals surface area contributed by atoms with Crippen LogP contribution in [0, 0.1) is 13.8 Å². The van der Waals surface area contributed by atoms with Gasteiger partial charge in [-0.2, -0.15) is 0 Å². The molecular weight excluding hydrogens is 400 g/mol. The van der Waals surface area contributed by atoms with Crippen molar-refractivity contribution in [3.63, 3.8) is 0 Å². The van der Waals surface area contributed by atoms with Crippen molar-refractivity contribution >= 4 is 27.5 Å². The molecule has 0 atom stereocenters. The van der Waals surface area contributed by atoms with E-state index in [1.165, 1.54) is 21.6 Å². The molecule has 0 saturated carbocycles. The topological polar surface area (TPSA) is 34.0 Å². The Kier molecular flexibility index (Phi) is 5.76. The summed E-state index contributed by atoms with van der Waals surface area (Å²) >= 11 is 1.74. The van der Waals surface area contributed by atoms with Crippen LogP contribution in [0.1, 0.15) is 58.4 Å². The van der Waals surface area contributed by atoms with Gasteiger partial charge in [0.2, 0.25) is 0 Å². The minimum atomic E-state index is -0.0335. The van der Waals surface area contributed by atoms with E-state index >= 15 is 0 Å². The van der Waals surface area contributed by atoms with Crippen molar-refractivity contribution in [2.75, 3.05) is 0 Å². The number of fused-ring (bicyclic) bond motifs is 1. The van der Waals surface area contributed by atoms with Crippen LogP contribution in [0.15, 0.2) is 60.7 Å². The molecule has 2 aromatic carbocycles. The number of carbonyl (C=O) groups excluding carboxylic acids is 1. The van der Waals surface area contributed by atoms with Gasteiger partial charge in [-0.25, -0.2) is 0 Å². The molecule has 4 heteroatoms. The normalized spacial score (nSPS) is 11.8. The second-order valence-electron chi connectivity index (χ2n) is 9.34. The molecule has 3 nitrogen and oxygen atoms in total. The zero-order valence-corrected chi connectivity index (χ0v) is 19.8. The number of hydrogen-bond donors (Lipinski definition) is 1. The number of thiophene rings is 1. The average Bonchev–Trinajstić information content (AvgIpc) is 3.23. The van der Waals surface area contributed by atoms with Crippen LogP contribution in [0.25, 0.3) is 10.2 Å². The third-order valence-corrected chi connectivity index (χ3v) is 6.63. The fraction of sp³-hybridized carbons (Fsp3) is 0.296. The maximum absolute atomic E-state index is 13.1. The molecular formula is C27H30N2OS. The molecule has 2 aromatic heterocycles. The van der Waals surface area contributed by atoms with Crippen LogP contribution in [0.4, 0.5) is 0 Å². The zero-order chi connectivity index (χ0) is 22.2. The lowest BCUT2D eigenvalue weighted by Gasteiger charge is -2.19. The Labute approximate surface area is 188 Å². The molecule has 0 saturated heterocycles. The predicted octanol–water partition coefficient (Wildman–Crippen LogP) is 6.60. The molecule has 2 heterocycles. The molecule has 0 radical (unpaired) electrons. The predicted molar refractivity (Wildman–Crippen MR) is 131 cm³/mol. The van der Waals surface area contributed by atoms with Crippen LogP contribution in [0.3, 0.4) is 0 Å². The van der Waals surface area contributed by atoms with Crippen molar-refractivity contribution in [1.82, 2.24) is 9.88 Å². The van der Waals surface area contributed by atoms with E-state index in [-0.39, 0.29) is 11.3 Å². The van der Waals surface area contributed by atoms with E-state index < -0.39 is 0 Å². The van der Waals surface area contributed by atoms with Gasteiger partial charge in [0.05, 0.1) is 10.2 Å². The Morgan fingerprint density at radius 3 is 2.39 bits per heavy atom. The quantitative estimate of drug-likeness (QED) is 0.380. The number of benzene rings is 2. The fourth-order valence-corrected chi connectivity index (χ4v) is 4.87. The van der Waals surface area contributed by atoms with Crippen molar-refractivity contribution in [2.45, 2.75) is 53.1 Å². The number of nitrogens with one attached hydrogen (secondary N) is 1. The number of aromatic nitrogens is 1. The van der Waals surface area contributed by atoms with Crippen molar-refractivity contribution in [3.05, 3.63) is 93.5 Å². The highest BCUT2D eigenvalue weighted by Gasteiger charge is 2.18. The molecule has 0 spiro atoms. The maximum Gasteiger partial charge on any atom is 0.268 e. The maximum atomic E-state index is 13.1. The Bertz CT molecular complexity index is 1220. The van der Waals surface area contributed by atoms with Gasteiger partial charge in [0.15, 0.2) is 0 Å². The van der Waals surface area contributed by atoms with Gasteiger partial charge in [-0.1, -0.05) is 74.9 Å². The first-order chi connectivity index (χ1) is 14.7. The number of nitrogens with zero attached hydrogens (tertiary/aromatic N) is 1. The van der Waals surface area contributed by atoms with E-state index in [0.717, 1.165) is 15.8 Å². The van der Waals surface area contributed by atoms with Crippen LogP contribution in [-0.2, 0) is 18.5 Å². The molecule has 0 bridgehead atoms. The lowest BCUT2D eigenvalue weighted by molar-refractivity contribution is 0.0942. The molecule has 4 rings (SSSR count). The van der Waals surface area contributed by atoms with Crippen molar-refractivity contribution < 1.29 is 4.79 Å². The molecule has 1 amide bonds. The third kappa shape index (κ3) is 4.75. The summed E-state index contributed by atoms with van der Waals surface area (Å²) in [6.07, 6.45) is 0. The number of amides is 1. The largest absolute Gasteiger partial charge is 0.347 e. The van der Waals surface area contributed by atoms with Gasteiger partial charge in [0.1, 0.15) is 5.69 Å². The van der Waals surface area contributed by atoms with Crippen molar-refractivity contribution in [2.24, 2.45) is 0 Å². The summed E-state index contributed by atoms with van der Waals surface area (Å²) < 4.78 is 3.31. The van der Waals surface area contributed by atoms with E-state index in [1.54, 1.807) is 11.3 Å². The zero-order valence-electron chi connectivity index (χ0n) is 19.0. The van der Waals surface area contributed by atoms with Gasteiger partial charge >= 0.3 is 0 Å². The minimum absolute atomic E-state index is 0.0335. The lowest BCUT2D eigenvalue weighted by atomic mass is 9.87. The summed E-state index contributed by atoms with van der Waals surface area (Å²) in [5, 5.41) is 3.11. The van der Waals surface area contributed by atoms with Crippen molar-refractivity contribution in [3.8, 4) is 0 Å². The lowest BCUT2D eigenvalue weighted by Crippen LogP contribution is -2.25. The highest BCUT2D eigenvalue weighted by Crippen LogP contribution is 2.30. The highest BCUT2D eigenvalue weighted by molar-refractivity contribution is 7.19. The van der Waals surface area contributed by atoms with Gasteiger partial charge < -0.3 is 9.88 Å². The number of carbonyl (C=O) groups is 1. The Hall–Kier alpha value is -2.85. The fourth-order valence-electron chi connectivity index (χ4n) is 3.91. The van der Waals surface area contributed by atoms with E-state index in [0.29, 0.717) is 18.8 Å². The first-order valence-electron chi connectivity index (χ1n) is 10.7. The number of aryl methyl sites for hydroxylation is 2. The first-order valence-corrected chi connectivity index (χ1v) is 11.6. The van der Waals surface area contributed by atoms with E-state index in [2.05, 4.69) is 87.0 Å². The van der Waals surface area contributed by atoms with Gasteiger partial charge in [0.25, 0.3) is 5.91 Å². The Morgan fingerprint density at radius 2 is 1.71 bits per heavy atom. The van der Waals surface area contributed by atoms with Crippen LogP contribution >= 0.6 is 11.3 Å². The summed E-state index contributed by atoms with van der Waals surface area (Å²) in [5.41, 5.74) is 6.80. The smallest absolute Gasteiger partial charge is 0.268 e. The average molecular weight is 431 g/mol. The molecule has 31 heavy (non-hydrogen) atoms. The second-order valence-corrected chi connectivity index (χ2v) is 10.6. The van der Waals surface area contributed by atoms with Gasteiger partial charge in [0, 0.05) is 18.0 Å². The standard InChI is InChI=1S/C27H30N2OS/c1-18-7-6-8-21(13-18)16-28-26(30)24-15-25-23(14-19(2)31-25)29(24)17-20-9-11-22(12-10-20)27(3,4)5/h6-15H,16-17H2,1-5H3,(H,28,30). The van der Waals surface area contributed by atoms with E-state index in [4.69, 9.17) is 0 Å². The Balaban J connectivity index is 1.61. The van der Waals surface area contributed by atoms with Crippen LogP contribution in [0.5, 0.6) is 0 Å². The Morgan fingerprint density at radius 1 is 0.968 bits per heavy atom. The molecule has 0 fully saturated rings. The van der Waals surface area contributed by atoms with Crippen LogP contribution < -0.4 is 5.32 Å². The summed E-state index contributed by atoms with van der Waals surface area (Å²) in [4.78, 5) is 14.4. The first kappa shape index (κ1) is 21.4. The van der Waals surface area contributed by atoms with Crippen LogP contribution in [-0.4, -0.2) is 10.5 Å². The van der Waals surface area contributed by atoms with E-state index in [1.807, 2.05) is 18.2 Å². The van der Waals surface area contributed by atoms with Crippen LogP contribution in [0.2, 0.25) is 0 Å². The SMILES string of the molecule is Cc1cccc(CNC(=O)c2cc3sc(C)cc3n2Cc2ccc(C(C)(C)C)cc2)c1. The van der Waals surface area contributed by atoms with Crippen molar-refractivity contribution in [1.29, 1.82) is 0 Å². The van der Waals surface area contributed by atoms with Gasteiger partial charge in [-0.15, -0.1) is 11.3 Å². The molecule has 0 aliphatic carbocycles. The molecule has 1 N–H and O–H groups in total. The second kappa shape index (κ2) is 8.35. The number of hydrogen-bond acceptors (Lipinski definition) is 2. The van der Waals surface area contributed by atoms with Gasteiger partial charge in [-0.3, -0.25) is 4.79 Å². The molecule has 0 aliphatic heterocycles. The van der Waals surface area contributed by atoms with Gasteiger partial charge in [-0.05, 0) is 48.1 Å². The molecule has 160 valence electrons. The summed E-state index contributed by atoms with van der Waals surface area (Å²) in [6, 6.07) is 21.2. The molecule has 0 aliphatic rings.